The highest BCUT2D eigenvalue weighted by atomic mass is 28.3. The number of rotatable bonds is 6. The van der Waals surface area contributed by atoms with Crippen molar-refractivity contribution in [3.8, 4) is 89.9 Å². The second kappa shape index (κ2) is 15.1. The molecule has 0 unspecified atom stereocenters. The van der Waals surface area contributed by atoms with Crippen LogP contribution in [0.4, 0.5) is 0 Å². The Bertz CT molecular complexity index is 3150. The van der Waals surface area contributed by atoms with Crippen LogP contribution in [0.2, 0.25) is 0 Å². The summed E-state index contributed by atoms with van der Waals surface area (Å²) in [5.41, 5.74) is 13.8. The molecule has 3 nitrogen and oxygen atoms in total. The summed E-state index contributed by atoms with van der Waals surface area (Å²) in [6.45, 7) is 0. The molecule has 0 saturated heterocycles. The van der Waals surface area contributed by atoms with Crippen molar-refractivity contribution in [3.63, 3.8) is 0 Å². The SMILES string of the molecule is c1ccc(-c2cc(-c3ccccc3)c(-c3ccccc3)c(-c3ccc(-c4cccc5c4Oc4ncccc4[Si]54c5ccccc5Oc5ccccc54)cc3)c2-c2ccccc2)cc1. The maximum Gasteiger partial charge on any atom is 0.219 e. The van der Waals surface area contributed by atoms with Crippen molar-refractivity contribution in [1.29, 1.82) is 0 Å². The van der Waals surface area contributed by atoms with Gasteiger partial charge < -0.3 is 9.47 Å². The Labute approximate surface area is 368 Å². The minimum absolute atomic E-state index is 0.651. The van der Waals surface area contributed by atoms with Crippen LogP contribution in [0.3, 0.4) is 0 Å². The van der Waals surface area contributed by atoms with E-state index >= 15 is 0 Å². The molecule has 9 aromatic carbocycles. The van der Waals surface area contributed by atoms with Gasteiger partial charge in [0, 0.05) is 16.9 Å². The number of hydrogen-bond donors (Lipinski definition) is 0. The van der Waals surface area contributed by atoms with E-state index in [0.29, 0.717) is 5.88 Å². The van der Waals surface area contributed by atoms with E-state index in [1.165, 1.54) is 54.5 Å². The van der Waals surface area contributed by atoms with Gasteiger partial charge >= 0.3 is 0 Å². The fourth-order valence-corrected chi connectivity index (χ4v) is 15.1. The predicted octanol–water partition coefficient (Wildman–Crippen LogP) is 12.7. The number of para-hydroxylation sites is 3. The number of pyridine rings is 1. The van der Waals surface area contributed by atoms with Gasteiger partial charge in [0.15, 0.2) is 8.07 Å². The van der Waals surface area contributed by atoms with E-state index in [1.807, 2.05) is 12.3 Å². The van der Waals surface area contributed by atoms with Gasteiger partial charge in [-0.25, -0.2) is 4.98 Å². The largest absolute Gasteiger partial charge is 0.458 e. The first-order chi connectivity index (χ1) is 31.3. The number of fused-ring (bicyclic) bond motifs is 8. The van der Waals surface area contributed by atoms with Crippen LogP contribution >= 0.6 is 0 Å². The number of nitrogens with zero attached hydrogens (tertiary/aromatic N) is 1. The van der Waals surface area contributed by atoms with Crippen molar-refractivity contribution in [2.75, 3.05) is 0 Å². The Morgan fingerprint density at radius 1 is 0.302 bits per heavy atom. The summed E-state index contributed by atoms with van der Waals surface area (Å²) in [4.78, 5) is 4.92. The van der Waals surface area contributed by atoms with Crippen molar-refractivity contribution in [1.82, 2.24) is 4.98 Å². The highest BCUT2D eigenvalue weighted by Crippen LogP contribution is 2.51. The summed E-state index contributed by atoms with van der Waals surface area (Å²) in [5.74, 6) is 3.27. The molecule has 1 spiro atoms. The molecule has 2 aliphatic rings. The molecular formula is C59H39NO2Si. The minimum Gasteiger partial charge on any atom is -0.458 e. The van der Waals surface area contributed by atoms with Crippen LogP contribution in [0.5, 0.6) is 23.1 Å². The highest BCUT2D eigenvalue weighted by molar-refractivity contribution is 7.21. The van der Waals surface area contributed by atoms with E-state index in [9.17, 15) is 0 Å². The van der Waals surface area contributed by atoms with Crippen LogP contribution in [-0.2, 0) is 0 Å². The first kappa shape index (κ1) is 36.8. The summed E-state index contributed by atoms with van der Waals surface area (Å²) < 4.78 is 13.6. The molecule has 296 valence electrons. The molecule has 4 heteroatoms. The highest BCUT2D eigenvalue weighted by Gasteiger charge is 2.53. The summed E-state index contributed by atoms with van der Waals surface area (Å²) in [6.07, 6.45) is 1.84. The fourth-order valence-electron chi connectivity index (χ4n) is 10.0. The molecule has 0 radical (unpaired) electrons. The summed E-state index contributed by atoms with van der Waals surface area (Å²) in [5, 5.41) is 4.71. The third kappa shape index (κ3) is 5.91. The van der Waals surface area contributed by atoms with Crippen LogP contribution < -0.4 is 30.2 Å². The number of ether oxygens (including phenoxy) is 2. The lowest BCUT2D eigenvalue weighted by molar-refractivity contribution is 0.467. The lowest BCUT2D eigenvalue weighted by Gasteiger charge is -2.42. The van der Waals surface area contributed by atoms with E-state index in [0.717, 1.165) is 50.3 Å². The number of benzene rings is 9. The predicted molar refractivity (Wildman–Crippen MR) is 261 cm³/mol. The van der Waals surface area contributed by atoms with E-state index in [4.69, 9.17) is 14.5 Å². The molecule has 10 aromatic rings. The van der Waals surface area contributed by atoms with Gasteiger partial charge in [-0.05, 0) is 101 Å². The van der Waals surface area contributed by atoms with Gasteiger partial charge in [-0.15, -0.1) is 0 Å². The molecule has 12 rings (SSSR count). The first-order valence-electron chi connectivity index (χ1n) is 21.4. The van der Waals surface area contributed by atoms with Crippen LogP contribution in [0, 0.1) is 0 Å². The van der Waals surface area contributed by atoms with Crippen molar-refractivity contribution < 1.29 is 9.47 Å². The van der Waals surface area contributed by atoms with E-state index in [-0.39, 0.29) is 0 Å². The van der Waals surface area contributed by atoms with E-state index < -0.39 is 8.07 Å². The van der Waals surface area contributed by atoms with Crippen molar-refractivity contribution in [3.05, 3.63) is 237 Å². The fraction of sp³-hybridized carbons (Fsp3) is 0. The average molecular weight is 822 g/mol. The Kier molecular flexibility index (Phi) is 8.84. The summed E-state index contributed by atoms with van der Waals surface area (Å²) in [6, 6.07) is 82.8. The molecule has 63 heavy (non-hydrogen) atoms. The van der Waals surface area contributed by atoms with Gasteiger partial charge in [0.05, 0.1) is 0 Å². The zero-order valence-electron chi connectivity index (χ0n) is 34.3. The standard InChI is InChI=1S/C59H39NO2Si/c1-5-19-40(20-6-1)47-39-48(41-21-7-2-8-22-41)56(44-25-11-4-12-26-44)57(55(47)43-23-9-3-10-24-43)45-36-34-42(35-37-45)46-27-17-32-53-58(46)62-59-54(33-18-38-60-59)63(53)51-30-15-13-28-49(51)61-50-29-14-16-31-52(50)63/h1-39H. The Morgan fingerprint density at radius 2 is 0.730 bits per heavy atom. The molecule has 0 bridgehead atoms. The summed E-state index contributed by atoms with van der Waals surface area (Å²) in [7, 11) is -2.96. The van der Waals surface area contributed by atoms with Gasteiger partial charge in [-0.2, -0.15) is 0 Å². The van der Waals surface area contributed by atoms with Gasteiger partial charge in [-0.1, -0.05) is 206 Å². The van der Waals surface area contributed by atoms with Crippen molar-refractivity contribution in [2.45, 2.75) is 0 Å². The van der Waals surface area contributed by atoms with Crippen molar-refractivity contribution >= 4 is 28.8 Å². The molecule has 0 fully saturated rings. The van der Waals surface area contributed by atoms with E-state index in [1.54, 1.807) is 0 Å². The second-order valence-electron chi connectivity index (χ2n) is 16.1. The van der Waals surface area contributed by atoms with Gasteiger partial charge in [0.25, 0.3) is 0 Å². The Morgan fingerprint density at radius 3 is 1.29 bits per heavy atom. The van der Waals surface area contributed by atoms with Crippen LogP contribution in [0.15, 0.2) is 237 Å². The van der Waals surface area contributed by atoms with Crippen molar-refractivity contribution in [2.24, 2.45) is 0 Å². The monoisotopic (exact) mass is 821 g/mol. The van der Waals surface area contributed by atoms with Crippen LogP contribution in [0.1, 0.15) is 0 Å². The molecule has 0 N–H and O–H groups in total. The first-order valence-corrected chi connectivity index (χ1v) is 23.4. The van der Waals surface area contributed by atoms with Gasteiger partial charge in [0.1, 0.15) is 17.2 Å². The lowest BCUT2D eigenvalue weighted by Crippen LogP contribution is -2.77. The van der Waals surface area contributed by atoms with Crippen LogP contribution in [0.25, 0.3) is 66.8 Å². The topological polar surface area (TPSA) is 31.4 Å². The second-order valence-corrected chi connectivity index (χ2v) is 19.8. The van der Waals surface area contributed by atoms with Gasteiger partial charge in [-0.3, -0.25) is 0 Å². The summed E-state index contributed by atoms with van der Waals surface area (Å²) >= 11 is 0. The number of aromatic nitrogens is 1. The Hall–Kier alpha value is -8.05. The average Bonchev–Trinajstić information content (AvgIpc) is 3.36. The molecule has 3 heterocycles. The van der Waals surface area contributed by atoms with Gasteiger partial charge in [0.2, 0.25) is 5.88 Å². The molecule has 0 aliphatic carbocycles. The smallest absolute Gasteiger partial charge is 0.219 e. The molecule has 0 amide bonds. The van der Waals surface area contributed by atoms with E-state index in [2.05, 4.69) is 224 Å². The Balaban J connectivity index is 1.11. The molecule has 0 atom stereocenters. The third-order valence-electron chi connectivity index (χ3n) is 12.7. The minimum atomic E-state index is -2.96. The maximum absolute atomic E-state index is 7.00. The lowest BCUT2D eigenvalue weighted by atomic mass is 9.78. The maximum atomic E-state index is 7.00. The van der Waals surface area contributed by atoms with Crippen LogP contribution in [-0.4, -0.2) is 13.1 Å². The zero-order valence-corrected chi connectivity index (χ0v) is 35.3. The molecule has 2 aliphatic heterocycles. The zero-order chi connectivity index (χ0) is 41.7. The number of hydrogen-bond acceptors (Lipinski definition) is 3. The molecule has 1 aromatic heterocycles. The molecular weight excluding hydrogens is 783 g/mol. The third-order valence-corrected chi connectivity index (χ3v) is 17.5. The quantitative estimate of drug-likeness (QED) is 0.157. The molecule has 0 saturated carbocycles. The normalized spacial score (nSPS) is 12.8.